The number of primary sulfonamides is 1. The van der Waals surface area contributed by atoms with Gasteiger partial charge in [0, 0.05) is 25.7 Å². The van der Waals surface area contributed by atoms with Crippen LogP contribution in [0.4, 0.5) is 0 Å². The van der Waals surface area contributed by atoms with Gasteiger partial charge in [-0.05, 0) is 43.4 Å². The molecule has 11 heteroatoms. The van der Waals surface area contributed by atoms with Crippen molar-refractivity contribution in [3.63, 3.8) is 0 Å². The van der Waals surface area contributed by atoms with Crippen LogP contribution in [0, 0.1) is 0 Å². The molecular weight excluding hydrogens is 430 g/mol. The molecule has 2 aromatic carbocycles. The minimum Gasteiger partial charge on any atom is -0.493 e. The van der Waals surface area contributed by atoms with Crippen molar-refractivity contribution in [1.29, 1.82) is 0 Å². The highest BCUT2D eigenvalue weighted by Gasteiger charge is 2.34. The number of hydrogen-bond acceptors (Lipinski definition) is 7. The standard InChI is InChI=1S/C19H25N3O6S2/c1-21(2)9-10-28-18-11-15(7-8-17(18)27-3)30(25,26)22-12-14-5-4-6-19(16(14)13-22)29(20,23)24/h4-8,11H,9-10,12-13H2,1-3H3,(H2,20,23,24). The third-order valence-corrected chi connectivity index (χ3v) is 7.57. The largest absolute Gasteiger partial charge is 0.493 e. The lowest BCUT2D eigenvalue weighted by atomic mass is 10.1. The summed E-state index contributed by atoms with van der Waals surface area (Å²) in [6, 6.07) is 9.04. The molecule has 0 bridgehead atoms. The van der Waals surface area contributed by atoms with Crippen LogP contribution in [-0.4, -0.2) is 60.4 Å². The summed E-state index contributed by atoms with van der Waals surface area (Å²) in [4.78, 5) is 1.92. The van der Waals surface area contributed by atoms with E-state index in [0.717, 1.165) is 0 Å². The maximum absolute atomic E-state index is 13.2. The van der Waals surface area contributed by atoms with Gasteiger partial charge in [-0.3, -0.25) is 0 Å². The van der Waals surface area contributed by atoms with Gasteiger partial charge in [0.1, 0.15) is 6.61 Å². The van der Waals surface area contributed by atoms with Gasteiger partial charge >= 0.3 is 0 Å². The summed E-state index contributed by atoms with van der Waals surface area (Å²) in [7, 11) is -2.57. The Morgan fingerprint density at radius 1 is 1.07 bits per heavy atom. The first-order valence-corrected chi connectivity index (χ1v) is 12.1. The van der Waals surface area contributed by atoms with Crippen molar-refractivity contribution >= 4 is 20.0 Å². The third kappa shape index (κ3) is 4.60. The van der Waals surface area contributed by atoms with Crippen molar-refractivity contribution in [1.82, 2.24) is 9.21 Å². The lowest BCUT2D eigenvalue weighted by Crippen LogP contribution is -2.26. The summed E-state index contributed by atoms with van der Waals surface area (Å²) in [6.45, 7) is 0.995. The molecule has 0 aromatic heterocycles. The fourth-order valence-electron chi connectivity index (χ4n) is 3.21. The normalized spacial score (nSPS) is 14.7. The average Bonchev–Trinajstić information content (AvgIpc) is 3.11. The summed E-state index contributed by atoms with van der Waals surface area (Å²) in [5.41, 5.74) is 1.01. The molecule has 0 aliphatic carbocycles. The van der Waals surface area contributed by atoms with Crippen LogP contribution in [0.2, 0.25) is 0 Å². The highest BCUT2D eigenvalue weighted by Crippen LogP contribution is 2.35. The smallest absolute Gasteiger partial charge is 0.243 e. The number of rotatable bonds is 8. The number of ether oxygens (including phenoxy) is 2. The Labute approximate surface area is 177 Å². The van der Waals surface area contributed by atoms with Gasteiger partial charge in [-0.2, -0.15) is 4.31 Å². The fourth-order valence-corrected chi connectivity index (χ4v) is 5.42. The van der Waals surface area contributed by atoms with E-state index in [1.54, 1.807) is 12.1 Å². The highest BCUT2D eigenvalue weighted by molar-refractivity contribution is 7.89. The van der Waals surface area contributed by atoms with Crippen molar-refractivity contribution in [3.8, 4) is 11.5 Å². The minimum absolute atomic E-state index is 0.0353. The highest BCUT2D eigenvalue weighted by atomic mass is 32.2. The van der Waals surface area contributed by atoms with E-state index in [2.05, 4.69) is 0 Å². The Hall–Kier alpha value is -2.18. The van der Waals surface area contributed by atoms with E-state index < -0.39 is 20.0 Å². The predicted molar refractivity (Wildman–Crippen MR) is 111 cm³/mol. The first-order chi connectivity index (χ1) is 14.0. The van der Waals surface area contributed by atoms with Crippen molar-refractivity contribution in [2.24, 2.45) is 5.14 Å². The van der Waals surface area contributed by atoms with E-state index in [4.69, 9.17) is 14.6 Å². The first kappa shape index (κ1) is 22.5. The summed E-state index contributed by atoms with van der Waals surface area (Å²) in [5.74, 6) is 0.747. The van der Waals surface area contributed by atoms with E-state index in [9.17, 15) is 16.8 Å². The Kier molecular flexibility index (Phi) is 6.39. The number of hydrogen-bond donors (Lipinski definition) is 1. The molecule has 0 amide bonds. The lowest BCUT2D eigenvalue weighted by Gasteiger charge is -2.18. The molecule has 9 nitrogen and oxygen atoms in total. The van der Waals surface area contributed by atoms with Gasteiger partial charge in [-0.15, -0.1) is 0 Å². The molecule has 1 heterocycles. The number of nitrogens with two attached hydrogens (primary N) is 1. The third-order valence-electron chi connectivity index (χ3n) is 4.79. The van der Waals surface area contributed by atoms with Crippen molar-refractivity contribution in [2.75, 3.05) is 34.4 Å². The summed E-state index contributed by atoms with van der Waals surface area (Å²) >= 11 is 0. The molecule has 1 aliphatic rings. The Morgan fingerprint density at radius 2 is 1.80 bits per heavy atom. The molecule has 1 aliphatic heterocycles. The van der Waals surface area contributed by atoms with Gasteiger partial charge in [0.15, 0.2) is 11.5 Å². The Morgan fingerprint density at radius 3 is 2.43 bits per heavy atom. The lowest BCUT2D eigenvalue weighted by molar-refractivity contribution is 0.250. The van der Waals surface area contributed by atoms with E-state index in [1.165, 1.54) is 35.7 Å². The maximum Gasteiger partial charge on any atom is 0.243 e. The topological polar surface area (TPSA) is 119 Å². The van der Waals surface area contributed by atoms with Crippen LogP contribution in [0.5, 0.6) is 11.5 Å². The van der Waals surface area contributed by atoms with Gasteiger partial charge in [-0.1, -0.05) is 12.1 Å². The van der Waals surface area contributed by atoms with Crippen molar-refractivity contribution in [2.45, 2.75) is 22.9 Å². The van der Waals surface area contributed by atoms with Crippen LogP contribution in [0.25, 0.3) is 0 Å². The number of fused-ring (bicyclic) bond motifs is 1. The Balaban J connectivity index is 1.91. The molecule has 0 radical (unpaired) electrons. The van der Waals surface area contributed by atoms with Crippen LogP contribution in [0.3, 0.4) is 0 Å². The second-order valence-electron chi connectivity index (χ2n) is 7.18. The molecule has 0 unspecified atom stereocenters. The molecule has 30 heavy (non-hydrogen) atoms. The molecule has 0 atom stereocenters. The second kappa shape index (κ2) is 8.52. The van der Waals surface area contributed by atoms with E-state index >= 15 is 0 Å². The SMILES string of the molecule is COc1ccc(S(=O)(=O)N2Cc3cccc(S(N)(=O)=O)c3C2)cc1OCCN(C)C. The zero-order chi connectivity index (χ0) is 22.1. The zero-order valence-corrected chi connectivity index (χ0v) is 18.7. The van der Waals surface area contributed by atoms with E-state index in [-0.39, 0.29) is 22.9 Å². The molecule has 164 valence electrons. The average molecular weight is 456 g/mol. The molecule has 0 fully saturated rings. The summed E-state index contributed by atoms with van der Waals surface area (Å²) < 4.78 is 62.4. The summed E-state index contributed by atoms with van der Waals surface area (Å²) in [6.07, 6.45) is 0. The summed E-state index contributed by atoms with van der Waals surface area (Å²) in [5, 5.41) is 5.29. The number of benzene rings is 2. The number of nitrogens with zero attached hydrogens (tertiary/aromatic N) is 2. The minimum atomic E-state index is -3.96. The first-order valence-electron chi connectivity index (χ1n) is 9.13. The number of likely N-dealkylation sites (N-methyl/N-ethyl adjacent to an activating group) is 1. The number of methoxy groups -OCH3 is 1. The van der Waals surface area contributed by atoms with Crippen LogP contribution in [-0.2, 0) is 33.1 Å². The van der Waals surface area contributed by atoms with Crippen molar-refractivity contribution < 1.29 is 26.3 Å². The Bertz CT molecular complexity index is 1150. The molecule has 2 N–H and O–H groups in total. The molecule has 0 saturated carbocycles. The quantitative estimate of drug-likeness (QED) is 0.630. The molecule has 0 saturated heterocycles. The van der Waals surface area contributed by atoms with Gasteiger partial charge in [-0.25, -0.2) is 22.0 Å². The monoisotopic (exact) mass is 455 g/mol. The molecule has 0 spiro atoms. The van der Waals surface area contributed by atoms with Crippen LogP contribution in [0.15, 0.2) is 46.2 Å². The second-order valence-corrected chi connectivity index (χ2v) is 10.6. The van der Waals surface area contributed by atoms with Crippen LogP contribution >= 0.6 is 0 Å². The molecule has 3 rings (SSSR count). The number of sulfonamides is 2. The van der Waals surface area contributed by atoms with Crippen molar-refractivity contribution in [3.05, 3.63) is 47.5 Å². The van der Waals surface area contributed by atoms with E-state index in [0.29, 0.717) is 35.8 Å². The van der Waals surface area contributed by atoms with Gasteiger partial charge < -0.3 is 14.4 Å². The van der Waals surface area contributed by atoms with Gasteiger partial charge in [0.05, 0.1) is 16.9 Å². The molecule has 2 aromatic rings. The van der Waals surface area contributed by atoms with Crippen LogP contribution < -0.4 is 14.6 Å². The van der Waals surface area contributed by atoms with Gasteiger partial charge in [0.2, 0.25) is 20.0 Å². The van der Waals surface area contributed by atoms with Crippen LogP contribution in [0.1, 0.15) is 11.1 Å². The van der Waals surface area contributed by atoms with Gasteiger partial charge in [0.25, 0.3) is 0 Å². The zero-order valence-electron chi connectivity index (χ0n) is 17.0. The predicted octanol–water partition coefficient (Wildman–Crippen LogP) is 0.988. The maximum atomic E-state index is 13.2. The fraction of sp³-hybridized carbons (Fsp3) is 0.368. The van der Waals surface area contributed by atoms with E-state index in [1.807, 2.05) is 19.0 Å². The molecular formula is C19H25N3O6S2.